The molecule has 0 spiro atoms. The van der Waals surface area contributed by atoms with Crippen molar-refractivity contribution in [3.63, 3.8) is 0 Å². The quantitative estimate of drug-likeness (QED) is 0.0521. The minimum atomic E-state index is -0.0645. The monoisotopic (exact) mass is 623 g/mol. The number of hydrogen-bond donors (Lipinski definition) is 0. The molecule has 44 heavy (non-hydrogen) atoms. The first-order valence-corrected chi connectivity index (χ1v) is 19.7. The molecule has 4 heteroatoms. The number of unbranched alkanes of at least 4 members (excludes halogenated alkanes) is 23. The Hall–Kier alpha value is -1.06. The van der Waals surface area contributed by atoms with Gasteiger partial charge in [-0.1, -0.05) is 182 Å². The third kappa shape index (κ3) is 37.1. The summed E-state index contributed by atoms with van der Waals surface area (Å²) in [6.07, 6.45) is 36.3. The lowest BCUT2D eigenvalue weighted by Gasteiger charge is -2.06. The van der Waals surface area contributed by atoms with Crippen LogP contribution < -0.4 is 0 Å². The zero-order valence-electron chi connectivity index (χ0n) is 30.4. The molecule has 0 fully saturated rings. The SMILES string of the molecule is CC(C)CCCCCCCCCCCCCOC(=O)CCCCCCC(=O)OCCCCCCCCCCCCCC(C)C. The molecule has 0 aliphatic rings. The van der Waals surface area contributed by atoms with Crippen molar-refractivity contribution in [1.82, 2.24) is 0 Å². The van der Waals surface area contributed by atoms with Gasteiger partial charge in [0.2, 0.25) is 0 Å². The van der Waals surface area contributed by atoms with Crippen LogP contribution in [0.5, 0.6) is 0 Å². The second-order valence-electron chi connectivity index (χ2n) is 14.5. The molecule has 0 aromatic rings. The van der Waals surface area contributed by atoms with E-state index in [1.807, 2.05) is 0 Å². The van der Waals surface area contributed by atoms with E-state index in [0.29, 0.717) is 26.1 Å². The minimum absolute atomic E-state index is 0.0645. The molecule has 0 N–H and O–H groups in total. The van der Waals surface area contributed by atoms with Crippen LogP contribution in [-0.4, -0.2) is 25.2 Å². The second kappa shape index (κ2) is 34.8. The predicted octanol–water partition coefficient (Wildman–Crippen LogP) is 13.1. The van der Waals surface area contributed by atoms with Gasteiger partial charge in [0.15, 0.2) is 0 Å². The van der Waals surface area contributed by atoms with Crippen molar-refractivity contribution in [2.24, 2.45) is 11.8 Å². The van der Waals surface area contributed by atoms with Gasteiger partial charge in [0, 0.05) is 12.8 Å². The Balaban J connectivity index is 3.26. The highest BCUT2D eigenvalue weighted by Crippen LogP contribution is 2.15. The summed E-state index contributed by atoms with van der Waals surface area (Å²) in [4.78, 5) is 23.9. The summed E-state index contributed by atoms with van der Waals surface area (Å²) in [7, 11) is 0. The Kier molecular flexibility index (Phi) is 34.0. The van der Waals surface area contributed by atoms with Gasteiger partial charge in [0.1, 0.15) is 0 Å². The van der Waals surface area contributed by atoms with Gasteiger partial charge < -0.3 is 9.47 Å². The maximum atomic E-state index is 11.9. The summed E-state index contributed by atoms with van der Waals surface area (Å²) in [6, 6.07) is 0. The zero-order valence-corrected chi connectivity index (χ0v) is 30.4. The van der Waals surface area contributed by atoms with E-state index in [1.54, 1.807) is 0 Å². The van der Waals surface area contributed by atoms with Crippen LogP contribution in [0.4, 0.5) is 0 Å². The van der Waals surface area contributed by atoms with E-state index in [2.05, 4.69) is 27.7 Å². The fourth-order valence-corrected chi connectivity index (χ4v) is 5.90. The van der Waals surface area contributed by atoms with Crippen molar-refractivity contribution in [3.05, 3.63) is 0 Å². The van der Waals surface area contributed by atoms with Crippen LogP contribution in [0, 0.1) is 11.8 Å². The zero-order chi connectivity index (χ0) is 32.4. The number of carbonyl (C=O) groups is 2. The molecule has 4 nitrogen and oxygen atoms in total. The highest BCUT2D eigenvalue weighted by Gasteiger charge is 2.05. The van der Waals surface area contributed by atoms with Crippen molar-refractivity contribution in [2.75, 3.05) is 13.2 Å². The van der Waals surface area contributed by atoms with Gasteiger partial charge in [-0.15, -0.1) is 0 Å². The summed E-state index contributed by atoms with van der Waals surface area (Å²) in [5, 5.41) is 0. The van der Waals surface area contributed by atoms with E-state index in [9.17, 15) is 9.59 Å². The van der Waals surface area contributed by atoms with Crippen molar-refractivity contribution in [1.29, 1.82) is 0 Å². The predicted molar refractivity (Wildman–Crippen MR) is 190 cm³/mol. The molecule has 0 aromatic carbocycles. The van der Waals surface area contributed by atoms with E-state index in [0.717, 1.165) is 63.2 Å². The maximum absolute atomic E-state index is 11.9. The van der Waals surface area contributed by atoms with Crippen LogP contribution in [-0.2, 0) is 19.1 Å². The first-order valence-electron chi connectivity index (χ1n) is 19.7. The van der Waals surface area contributed by atoms with Crippen molar-refractivity contribution < 1.29 is 19.1 Å². The topological polar surface area (TPSA) is 52.6 Å². The van der Waals surface area contributed by atoms with Gasteiger partial charge in [-0.3, -0.25) is 9.59 Å². The van der Waals surface area contributed by atoms with Crippen molar-refractivity contribution in [3.8, 4) is 0 Å². The Labute approximate surface area is 276 Å². The smallest absolute Gasteiger partial charge is 0.305 e. The molecule has 0 aliphatic heterocycles. The fraction of sp³-hybridized carbons (Fsp3) is 0.950. The molecule has 0 heterocycles. The molecule has 0 aromatic heterocycles. The maximum Gasteiger partial charge on any atom is 0.305 e. The van der Waals surface area contributed by atoms with Gasteiger partial charge in [-0.05, 0) is 37.5 Å². The van der Waals surface area contributed by atoms with E-state index in [1.165, 1.54) is 128 Å². The normalized spacial score (nSPS) is 11.5. The minimum Gasteiger partial charge on any atom is -0.466 e. The van der Waals surface area contributed by atoms with E-state index in [4.69, 9.17) is 9.47 Å². The summed E-state index contributed by atoms with van der Waals surface area (Å²) < 4.78 is 10.8. The lowest BCUT2D eigenvalue weighted by atomic mass is 10.0. The largest absolute Gasteiger partial charge is 0.466 e. The molecule has 0 atom stereocenters. The Bertz CT molecular complexity index is 548. The average Bonchev–Trinajstić information content (AvgIpc) is 2.98. The molecule has 0 saturated heterocycles. The molecule has 0 saturated carbocycles. The third-order valence-electron chi connectivity index (χ3n) is 8.89. The average molecular weight is 623 g/mol. The molecule has 0 aliphatic carbocycles. The third-order valence-corrected chi connectivity index (χ3v) is 8.89. The van der Waals surface area contributed by atoms with E-state index in [-0.39, 0.29) is 11.9 Å². The number of hydrogen-bond acceptors (Lipinski definition) is 4. The second-order valence-corrected chi connectivity index (χ2v) is 14.5. The Morgan fingerprint density at radius 2 is 0.568 bits per heavy atom. The standard InChI is InChI=1S/C40H78O4/c1-37(2)31-25-19-15-11-7-5-9-13-17-23-29-35-43-39(41)33-27-21-22-28-34-40(42)44-36-30-24-18-14-10-6-8-12-16-20-26-32-38(3)4/h37-38H,5-36H2,1-4H3. The number of esters is 2. The summed E-state index contributed by atoms with van der Waals surface area (Å²) in [5.74, 6) is 1.58. The summed E-state index contributed by atoms with van der Waals surface area (Å²) in [5.41, 5.74) is 0. The van der Waals surface area contributed by atoms with Gasteiger partial charge >= 0.3 is 11.9 Å². The molecule has 0 rings (SSSR count). The van der Waals surface area contributed by atoms with Crippen molar-refractivity contribution in [2.45, 2.75) is 220 Å². The van der Waals surface area contributed by atoms with Crippen LogP contribution >= 0.6 is 0 Å². The number of carbonyl (C=O) groups excluding carboxylic acids is 2. The van der Waals surface area contributed by atoms with Crippen LogP contribution in [0.1, 0.15) is 220 Å². The Morgan fingerprint density at radius 1 is 0.341 bits per heavy atom. The molecule has 0 bridgehead atoms. The van der Waals surface area contributed by atoms with Gasteiger partial charge in [-0.25, -0.2) is 0 Å². The van der Waals surface area contributed by atoms with Gasteiger partial charge in [0.05, 0.1) is 13.2 Å². The van der Waals surface area contributed by atoms with Crippen LogP contribution in [0.25, 0.3) is 0 Å². The van der Waals surface area contributed by atoms with Crippen molar-refractivity contribution >= 4 is 11.9 Å². The van der Waals surface area contributed by atoms with E-state index < -0.39 is 0 Å². The highest BCUT2D eigenvalue weighted by atomic mass is 16.5. The lowest BCUT2D eigenvalue weighted by Crippen LogP contribution is -2.06. The molecular weight excluding hydrogens is 544 g/mol. The van der Waals surface area contributed by atoms with Crippen LogP contribution in [0.3, 0.4) is 0 Å². The first-order chi connectivity index (χ1) is 21.4. The summed E-state index contributed by atoms with van der Waals surface area (Å²) in [6.45, 7) is 10.4. The molecule has 262 valence electrons. The molecule has 0 amide bonds. The lowest BCUT2D eigenvalue weighted by molar-refractivity contribution is -0.145. The summed E-state index contributed by atoms with van der Waals surface area (Å²) >= 11 is 0. The first kappa shape index (κ1) is 42.9. The molecule has 0 unspecified atom stereocenters. The van der Waals surface area contributed by atoms with Crippen LogP contribution in [0.15, 0.2) is 0 Å². The van der Waals surface area contributed by atoms with Gasteiger partial charge in [0.25, 0.3) is 0 Å². The fourth-order valence-electron chi connectivity index (χ4n) is 5.90. The number of rotatable bonds is 35. The van der Waals surface area contributed by atoms with E-state index >= 15 is 0 Å². The highest BCUT2D eigenvalue weighted by molar-refractivity contribution is 5.69. The van der Waals surface area contributed by atoms with Gasteiger partial charge in [-0.2, -0.15) is 0 Å². The number of ether oxygens (including phenoxy) is 2. The van der Waals surface area contributed by atoms with Crippen LogP contribution in [0.2, 0.25) is 0 Å². The molecular formula is C40H78O4. The Morgan fingerprint density at radius 3 is 0.841 bits per heavy atom. The molecule has 0 radical (unpaired) electrons.